The lowest BCUT2D eigenvalue weighted by Crippen LogP contribution is -2.21. The van der Waals surface area contributed by atoms with Crippen molar-refractivity contribution in [3.63, 3.8) is 0 Å². The van der Waals surface area contributed by atoms with Gasteiger partial charge in [0.25, 0.3) is 0 Å². The summed E-state index contributed by atoms with van der Waals surface area (Å²) >= 11 is 0. The van der Waals surface area contributed by atoms with Crippen LogP contribution in [0.2, 0.25) is 0 Å². The number of benzene rings is 1. The second kappa shape index (κ2) is 4.49. The van der Waals surface area contributed by atoms with Crippen LogP contribution in [0.3, 0.4) is 0 Å². The van der Waals surface area contributed by atoms with E-state index in [9.17, 15) is 4.39 Å². The number of hydrogen-bond acceptors (Lipinski definition) is 2. The third-order valence-corrected chi connectivity index (χ3v) is 2.99. The Balaban J connectivity index is 2.49. The van der Waals surface area contributed by atoms with E-state index in [2.05, 4.69) is 19.2 Å². The molecule has 1 aromatic heterocycles. The lowest BCUT2D eigenvalue weighted by Gasteiger charge is -2.05. The Bertz CT molecular complexity index is 543. The van der Waals surface area contributed by atoms with E-state index in [4.69, 9.17) is 4.42 Å². The molecule has 2 rings (SSSR count). The Morgan fingerprint density at radius 2 is 2.00 bits per heavy atom. The molecule has 0 amide bonds. The molecule has 0 saturated carbocycles. The van der Waals surface area contributed by atoms with E-state index >= 15 is 0 Å². The molecule has 0 saturated heterocycles. The molecule has 0 fully saturated rings. The molecule has 17 heavy (non-hydrogen) atoms. The van der Waals surface area contributed by atoms with E-state index < -0.39 is 0 Å². The van der Waals surface area contributed by atoms with Gasteiger partial charge < -0.3 is 9.73 Å². The maximum absolute atomic E-state index is 13.8. The number of halogens is 1. The number of nitrogens with one attached hydrogen (secondary N) is 1. The van der Waals surface area contributed by atoms with Gasteiger partial charge in [-0.3, -0.25) is 0 Å². The number of aryl methyl sites for hydroxylation is 2. The zero-order chi connectivity index (χ0) is 12.6. The van der Waals surface area contributed by atoms with Crippen molar-refractivity contribution in [1.82, 2.24) is 5.32 Å². The van der Waals surface area contributed by atoms with Crippen LogP contribution >= 0.6 is 0 Å². The molecule has 0 atom stereocenters. The van der Waals surface area contributed by atoms with Gasteiger partial charge in [0.1, 0.15) is 17.2 Å². The lowest BCUT2D eigenvalue weighted by molar-refractivity contribution is 0.484. The van der Waals surface area contributed by atoms with Gasteiger partial charge in [0, 0.05) is 11.6 Å². The van der Waals surface area contributed by atoms with Gasteiger partial charge in [0.05, 0.1) is 11.9 Å². The monoisotopic (exact) mass is 235 g/mol. The van der Waals surface area contributed by atoms with Crippen LogP contribution in [0.4, 0.5) is 4.39 Å². The first-order valence-electron chi connectivity index (χ1n) is 5.91. The molecule has 1 N–H and O–H groups in total. The summed E-state index contributed by atoms with van der Waals surface area (Å²) in [6.07, 6.45) is 0. The summed E-state index contributed by atoms with van der Waals surface area (Å²) in [6.45, 7) is 8.63. The quantitative estimate of drug-likeness (QED) is 0.877. The topological polar surface area (TPSA) is 25.2 Å². The van der Waals surface area contributed by atoms with Crippen LogP contribution < -0.4 is 5.32 Å². The van der Waals surface area contributed by atoms with Gasteiger partial charge in [0.2, 0.25) is 0 Å². The first-order chi connectivity index (χ1) is 8.00. The first-order valence-corrected chi connectivity index (χ1v) is 5.91. The fraction of sp³-hybridized carbons (Fsp3) is 0.429. The molecule has 2 aromatic rings. The summed E-state index contributed by atoms with van der Waals surface area (Å²) in [5.41, 5.74) is 2.54. The molecule has 2 nitrogen and oxygen atoms in total. The molecule has 1 aromatic carbocycles. The Hall–Kier alpha value is -1.35. The van der Waals surface area contributed by atoms with Crippen LogP contribution in [-0.2, 0) is 6.54 Å². The van der Waals surface area contributed by atoms with Crippen molar-refractivity contribution in [3.05, 3.63) is 34.8 Å². The minimum absolute atomic E-state index is 0.206. The molecule has 0 unspecified atom stereocenters. The summed E-state index contributed by atoms with van der Waals surface area (Å²) in [5.74, 6) is 0.615. The molecule has 0 bridgehead atoms. The van der Waals surface area contributed by atoms with Crippen molar-refractivity contribution in [2.24, 2.45) is 0 Å². The van der Waals surface area contributed by atoms with Crippen molar-refractivity contribution in [1.29, 1.82) is 0 Å². The van der Waals surface area contributed by atoms with Gasteiger partial charge in [-0.15, -0.1) is 0 Å². The predicted octanol–water partition coefficient (Wildman–Crippen LogP) is 3.69. The maximum atomic E-state index is 13.8. The third-order valence-electron chi connectivity index (χ3n) is 2.99. The molecule has 0 aliphatic carbocycles. The number of hydrogen-bond donors (Lipinski definition) is 1. The van der Waals surface area contributed by atoms with Gasteiger partial charge >= 0.3 is 0 Å². The highest BCUT2D eigenvalue weighted by Crippen LogP contribution is 2.30. The van der Waals surface area contributed by atoms with Crippen LogP contribution in [0.1, 0.15) is 30.7 Å². The highest BCUT2D eigenvalue weighted by Gasteiger charge is 2.15. The van der Waals surface area contributed by atoms with Gasteiger partial charge in [0.15, 0.2) is 0 Å². The Morgan fingerprint density at radius 1 is 1.29 bits per heavy atom. The standard InChI is InChI=1S/C14H18FNO/c1-8(2)16-7-12-10(4)13-11(15)6-5-9(3)14(13)17-12/h5-6,8,16H,7H2,1-4H3. The Kier molecular flexibility index (Phi) is 3.20. The maximum Gasteiger partial charge on any atom is 0.140 e. The van der Waals surface area contributed by atoms with E-state index in [1.165, 1.54) is 6.07 Å². The third kappa shape index (κ3) is 2.20. The normalized spacial score (nSPS) is 11.6. The van der Waals surface area contributed by atoms with Crippen molar-refractivity contribution in [3.8, 4) is 0 Å². The second-order valence-corrected chi connectivity index (χ2v) is 4.75. The van der Waals surface area contributed by atoms with E-state index in [1.54, 1.807) is 6.07 Å². The number of furan rings is 1. The fourth-order valence-corrected chi connectivity index (χ4v) is 1.95. The van der Waals surface area contributed by atoms with Gasteiger partial charge in [-0.2, -0.15) is 0 Å². The fourth-order valence-electron chi connectivity index (χ4n) is 1.95. The summed E-state index contributed by atoms with van der Waals surface area (Å²) < 4.78 is 19.5. The van der Waals surface area contributed by atoms with Crippen molar-refractivity contribution >= 4 is 11.0 Å². The Morgan fingerprint density at radius 3 is 2.59 bits per heavy atom. The zero-order valence-corrected chi connectivity index (χ0v) is 10.7. The largest absolute Gasteiger partial charge is 0.459 e. The molecule has 0 aliphatic rings. The number of fused-ring (bicyclic) bond motifs is 1. The average Bonchev–Trinajstić information content (AvgIpc) is 2.60. The molecular weight excluding hydrogens is 217 g/mol. The van der Waals surface area contributed by atoms with Crippen molar-refractivity contribution < 1.29 is 8.81 Å². The van der Waals surface area contributed by atoms with Gasteiger partial charge in [-0.25, -0.2) is 4.39 Å². The van der Waals surface area contributed by atoms with Crippen LogP contribution in [0.25, 0.3) is 11.0 Å². The van der Waals surface area contributed by atoms with Gasteiger partial charge in [-0.05, 0) is 25.5 Å². The second-order valence-electron chi connectivity index (χ2n) is 4.75. The minimum Gasteiger partial charge on any atom is -0.459 e. The molecule has 0 radical (unpaired) electrons. The van der Waals surface area contributed by atoms with Crippen molar-refractivity contribution in [2.45, 2.75) is 40.3 Å². The van der Waals surface area contributed by atoms with Gasteiger partial charge in [-0.1, -0.05) is 19.9 Å². The Labute approximate surface area is 101 Å². The zero-order valence-electron chi connectivity index (χ0n) is 10.7. The molecule has 0 spiro atoms. The molecule has 92 valence electrons. The summed E-state index contributed by atoms with van der Waals surface area (Å²) in [7, 11) is 0. The van der Waals surface area contributed by atoms with Crippen molar-refractivity contribution in [2.75, 3.05) is 0 Å². The molecule has 0 aliphatic heterocycles. The van der Waals surface area contributed by atoms with Crippen LogP contribution in [-0.4, -0.2) is 6.04 Å². The highest BCUT2D eigenvalue weighted by molar-refractivity contribution is 5.85. The van der Waals surface area contributed by atoms with Crippen LogP contribution in [0.5, 0.6) is 0 Å². The summed E-state index contributed by atoms with van der Waals surface area (Å²) in [4.78, 5) is 0. The summed E-state index contributed by atoms with van der Waals surface area (Å²) in [5, 5.41) is 3.90. The average molecular weight is 235 g/mol. The van der Waals surface area contributed by atoms with E-state index in [1.807, 2.05) is 13.8 Å². The highest BCUT2D eigenvalue weighted by atomic mass is 19.1. The summed E-state index contributed by atoms with van der Waals surface area (Å²) in [6, 6.07) is 3.63. The predicted molar refractivity (Wildman–Crippen MR) is 67.6 cm³/mol. The molecular formula is C14H18FNO. The minimum atomic E-state index is -0.206. The number of rotatable bonds is 3. The van der Waals surface area contributed by atoms with E-state index in [-0.39, 0.29) is 5.82 Å². The van der Waals surface area contributed by atoms with E-state index in [0.29, 0.717) is 23.6 Å². The van der Waals surface area contributed by atoms with Crippen LogP contribution in [0, 0.1) is 19.7 Å². The molecule has 3 heteroatoms. The first kappa shape index (κ1) is 12.1. The van der Waals surface area contributed by atoms with E-state index in [0.717, 1.165) is 16.9 Å². The smallest absolute Gasteiger partial charge is 0.140 e. The molecule has 1 heterocycles. The lowest BCUT2D eigenvalue weighted by atomic mass is 10.1. The SMILES string of the molecule is Cc1ccc(F)c2c(C)c(CNC(C)C)oc12. The van der Waals surface area contributed by atoms with Crippen LogP contribution in [0.15, 0.2) is 16.5 Å².